The van der Waals surface area contributed by atoms with Gasteiger partial charge in [-0.25, -0.2) is 12.8 Å². The third-order valence-corrected chi connectivity index (χ3v) is 3.08. The summed E-state index contributed by atoms with van der Waals surface area (Å²) in [5.41, 5.74) is 0. The second kappa shape index (κ2) is 3.92. The van der Waals surface area contributed by atoms with E-state index in [1.807, 2.05) is 0 Å². The summed E-state index contributed by atoms with van der Waals surface area (Å²) in [6.45, 7) is 0. The molecule has 14 heavy (non-hydrogen) atoms. The van der Waals surface area contributed by atoms with Gasteiger partial charge in [0.1, 0.15) is 0 Å². The highest BCUT2D eigenvalue weighted by molar-refractivity contribution is 8.13. The Balaban J connectivity index is 3.46. The summed E-state index contributed by atoms with van der Waals surface area (Å²) in [6.07, 6.45) is 0. The summed E-state index contributed by atoms with van der Waals surface area (Å²) in [6, 6.07) is 1.88. The summed E-state index contributed by atoms with van der Waals surface area (Å²) < 4.78 is 39.4. The van der Waals surface area contributed by atoms with Crippen LogP contribution in [0.5, 0.6) is 5.75 Å². The molecular formula is C7H5Cl2FO3S. The number of methoxy groups -OCH3 is 1. The molecule has 1 aromatic rings. The molecule has 0 bridgehead atoms. The first-order valence-corrected chi connectivity index (χ1v) is 6.02. The van der Waals surface area contributed by atoms with E-state index in [0.29, 0.717) is 0 Å². The van der Waals surface area contributed by atoms with Crippen molar-refractivity contribution in [3.63, 3.8) is 0 Å². The molecule has 0 unspecified atom stereocenters. The van der Waals surface area contributed by atoms with E-state index in [9.17, 15) is 12.8 Å². The Morgan fingerprint density at radius 2 is 2.00 bits per heavy atom. The topological polar surface area (TPSA) is 43.4 Å². The molecule has 0 aliphatic rings. The highest BCUT2D eigenvalue weighted by Crippen LogP contribution is 2.29. The molecule has 1 rings (SSSR count). The highest BCUT2D eigenvalue weighted by Gasteiger charge is 2.17. The van der Waals surface area contributed by atoms with Gasteiger partial charge in [-0.2, -0.15) is 0 Å². The molecule has 3 nitrogen and oxygen atoms in total. The average Bonchev–Trinajstić information content (AvgIpc) is 2.07. The zero-order chi connectivity index (χ0) is 10.9. The molecule has 0 aliphatic heterocycles. The lowest BCUT2D eigenvalue weighted by Gasteiger charge is -2.04. The van der Waals surface area contributed by atoms with Crippen LogP contribution in [0, 0.1) is 5.82 Å². The summed E-state index contributed by atoms with van der Waals surface area (Å²) in [4.78, 5) is -0.303. The van der Waals surface area contributed by atoms with Gasteiger partial charge in [-0.3, -0.25) is 0 Å². The molecule has 0 radical (unpaired) electrons. The lowest BCUT2D eigenvalue weighted by molar-refractivity contribution is 0.385. The lowest BCUT2D eigenvalue weighted by atomic mass is 10.3. The quantitative estimate of drug-likeness (QED) is 0.766. The van der Waals surface area contributed by atoms with Gasteiger partial charge in [0.05, 0.1) is 17.0 Å². The van der Waals surface area contributed by atoms with Gasteiger partial charge in [0.2, 0.25) is 0 Å². The second-order valence-electron chi connectivity index (χ2n) is 2.36. The molecule has 0 saturated carbocycles. The van der Waals surface area contributed by atoms with Crippen LogP contribution in [0.1, 0.15) is 0 Å². The number of ether oxygens (including phenoxy) is 1. The van der Waals surface area contributed by atoms with Crippen LogP contribution >= 0.6 is 22.3 Å². The van der Waals surface area contributed by atoms with E-state index in [0.717, 1.165) is 12.1 Å². The maximum atomic E-state index is 13.1. The molecule has 7 heteroatoms. The van der Waals surface area contributed by atoms with Gasteiger partial charge >= 0.3 is 0 Å². The normalized spacial score (nSPS) is 11.4. The van der Waals surface area contributed by atoms with Crippen LogP contribution in [0.25, 0.3) is 0 Å². The van der Waals surface area contributed by atoms with Crippen molar-refractivity contribution < 1.29 is 17.5 Å². The van der Waals surface area contributed by atoms with E-state index >= 15 is 0 Å². The number of benzene rings is 1. The number of hydrogen-bond acceptors (Lipinski definition) is 3. The number of hydrogen-bond donors (Lipinski definition) is 0. The third-order valence-electron chi connectivity index (χ3n) is 1.47. The SMILES string of the molecule is COc1cc(S(=O)(=O)Cl)cc(Cl)c1F. The molecule has 0 spiro atoms. The molecule has 1 aromatic carbocycles. The van der Waals surface area contributed by atoms with Crippen molar-refractivity contribution in [2.45, 2.75) is 4.90 Å². The second-order valence-corrected chi connectivity index (χ2v) is 5.33. The van der Waals surface area contributed by atoms with Gasteiger partial charge in [0.15, 0.2) is 11.6 Å². The minimum absolute atomic E-state index is 0.267. The first-order valence-electron chi connectivity index (χ1n) is 3.34. The van der Waals surface area contributed by atoms with Crippen molar-refractivity contribution in [3.05, 3.63) is 23.0 Å². The predicted molar refractivity (Wildman–Crippen MR) is 51.0 cm³/mol. The Hall–Kier alpha value is -0.520. The molecule has 0 fully saturated rings. The predicted octanol–water partition coefficient (Wildman–Crippen LogP) is 2.42. The molecule has 0 aromatic heterocycles. The minimum atomic E-state index is -3.93. The van der Waals surface area contributed by atoms with Gasteiger partial charge in [0.25, 0.3) is 9.05 Å². The first kappa shape index (κ1) is 11.6. The number of halogens is 3. The van der Waals surface area contributed by atoms with E-state index in [-0.39, 0.29) is 15.7 Å². The van der Waals surface area contributed by atoms with Crippen molar-refractivity contribution in [1.82, 2.24) is 0 Å². The maximum absolute atomic E-state index is 13.1. The van der Waals surface area contributed by atoms with Crippen LogP contribution in [-0.4, -0.2) is 15.5 Å². The zero-order valence-corrected chi connectivity index (χ0v) is 9.25. The Bertz CT molecular complexity index is 458. The highest BCUT2D eigenvalue weighted by atomic mass is 35.7. The van der Waals surface area contributed by atoms with Crippen LogP contribution < -0.4 is 4.74 Å². The summed E-state index contributed by atoms with van der Waals surface area (Å²) in [5.74, 6) is -1.09. The fourth-order valence-corrected chi connectivity index (χ4v) is 1.88. The molecule has 78 valence electrons. The molecule has 0 saturated heterocycles. The van der Waals surface area contributed by atoms with Crippen LogP contribution in [0.2, 0.25) is 5.02 Å². The Kier molecular flexibility index (Phi) is 3.24. The van der Waals surface area contributed by atoms with Crippen molar-refractivity contribution in [2.75, 3.05) is 7.11 Å². The van der Waals surface area contributed by atoms with Crippen LogP contribution in [0.15, 0.2) is 17.0 Å². The Morgan fingerprint density at radius 1 is 1.43 bits per heavy atom. The van der Waals surface area contributed by atoms with E-state index < -0.39 is 14.9 Å². The summed E-state index contributed by atoms with van der Waals surface area (Å²) in [7, 11) is 2.31. The lowest BCUT2D eigenvalue weighted by Crippen LogP contribution is -1.95. The van der Waals surface area contributed by atoms with E-state index in [2.05, 4.69) is 4.74 Å². The van der Waals surface area contributed by atoms with Gasteiger partial charge in [0, 0.05) is 16.7 Å². The van der Waals surface area contributed by atoms with E-state index in [1.54, 1.807) is 0 Å². The number of rotatable bonds is 2. The monoisotopic (exact) mass is 258 g/mol. The van der Waals surface area contributed by atoms with Gasteiger partial charge in [-0.05, 0) is 6.07 Å². The molecule has 0 aliphatic carbocycles. The van der Waals surface area contributed by atoms with Crippen molar-refractivity contribution in [2.24, 2.45) is 0 Å². The molecule has 0 N–H and O–H groups in total. The summed E-state index contributed by atoms with van der Waals surface area (Å²) >= 11 is 5.43. The zero-order valence-electron chi connectivity index (χ0n) is 6.92. The molecular weight excluding hydrogens is 254 g/mol. The largest absolute Gasteiger partial charge is 0.494 e. The molecule has 0 heterocycles. The third kappa shape index (κ3) is 2.29. The molecule has 0 amide bonds. The standard InChI is InChI=1S/C7H5Cl2FO3S/c1-13-6-3-4(14(9,11)12)2-5(8)7(6)10/h2-3H,1H3. The van der Waals surface area contributed by atoms with Crippen LogP contribution in [-0.2, 0) is 9.05 Å². The first-order chi connectivity index (χ1) is 6.36. The van der Waals surface area contributed by atoms with Crippen LogP contribution in [0.3, 0.4) is 0 Å². The van der Waals surface area contributed by atoms with E-state index in [1.165, 1.54) is 7.11 Å². The van der Waals surface area contributed by atoms with Crippen molar-refractivity contribution >= 4 is 31.3 Å². The Morgan fingerprint density at radius 3 is 2.43 bits per heavy atom. The fraction of sp³-hybridized carbons (Fsp3) is 0.143. The van der Waals surface area contributed by atoms with E-state index in [4.69, 9.17) is 22.3 Å². The van der Waals surface area contributed by atoms with Gasteiger partial charge in [-0.15, -0.1) is 0 Å². The van der Waals surface area contributed by atoms with Crippen LogP contribution in [0.4, 0.5) is 4.39 Å². The molecule has 0 atom stereocenters. The van der Waals surface area contributed by atoms with Gasteiger partial charge < -0.3 is 4.74 Å². The summed E-state index contributed by atoms with van der Waals surface area (Å²) in [5, 5.41) is -0.358. The van der Waals surface area contributed by atoms with Crippen molar-refractivity contribution in [3.8, 4) is 5.75 Å². The average molecular weight is 259 g/mol. The smallest absolute Gasteiger partial charge is 0.261 e. The minimum Gasteiger partial charge on any atom is -0.494 e. The van der Waals surface area contributed by atoms with Gasteiger partial charge in [-0.1, -0.05) is 11.6 Å². The Labute approximate surface area is 89.8 Å². The van der Waals surface area contributed by atoms with Crippen molar-refractivity contribution in [1.29, 1.82) is 0 Å². The fourth-order valence-electron chi connectivity index (χ4n) is 0.829. The maximum Gasteiger partial charge on any atom is 0.261 e.